The van der Waals surface area contributed by atoms with E-state index in [1.54, 1.807) is 12.3 Å². The Morgan fingerprint density at radius 2 is 2.00 bits per heavy atom. The van der Waals surface area contributed by atoms with Crippen molar-refractivity contribution in [1.29, 1.82) is 0 Å². The fourth-order valence-corrected chi connectivity index (χ4v) is 1.71. The molecule has 0 amide bonds. The highest BCUT2D eigenvalue weighted by Crippen LogP contribution is 2.30. The van der Waals surface area contributed by atoms with Gasteiger partial charge in [-0.3, -0.25) is 4.98 Å². The lowest BCUT2D eigenvalue weighted by atomic mass is 10.1. The van der Waals surface area contributed by atoms with Crippen LogP contribution in [0.1, 0.15) is 12.8 Å². The Kier molecular flexibility index (Phi) is 2.44. The summed E-state index contributed by atoms with van der Waals surface area (Å²) in [5.41, 5.74) is 1.90. The van der Waals surface area contributed by atoms with Crippen LogP contribution in [-0.4, -0.2) is 16.2 Å². The number of ether oxygens (including phenoxy) is 1. The molecule has 0 unspecified atom stereocenters. The molecule has 0 bridgehead atoms. The van der Waals surface area contributed by atoms with E-state index < -0.39 is 0 Å². The molecule has 86 valence electrons. The van der Waals surface area contributed by atoms with Crippen LogP contribution in [0.15, 0.2) is 42.7 Å². The first-order valence-corrected chi connectivity index (χ1v) is 5.72. The molecule has 0 saturated heterocycles. The Balaban J connectivity index is 1.91. The van der Waals surface area contributed by atoms with Gasteiger partial charge >= 0.3 is 0 Å². The minimum Gasteiger partial charge on any atom is -0.506 e. The number of hydrogen-bond acceptors (Lipinski definition) is 3. The number of rotatable bonds is 3. The smallest absolute Gasteiger partial charge is 0.134 e. The van der Waals surface area contributed by atoms with Crippen LogP contribution < -0.4 is 4.74 Å². The zero-order valence-electron chi connectivity index (χ0n) is 9.34. The summed E-state index contributed by atoms with van der Waals surface area (Å²) < 4.78 is 5.73. The van der Waals surface area contributed by atoms with Crippen LogP contribution in [0.25, 0.3) is 11.1 Å². The summed E-state index contributed by atoms with van der Waals surface area (Å²) in [7, 11) is 0. The van der Waals surface area contributed by atoms with Crippen molar-refractivity contribution in [3.05, 3.63) is 42.7 Å². The Labute approximate surface area is 99.7 Å². The molecule has 1 aliphatic carbocycles. The number of nitrogens with zero attached hydrogens (tertiary/aromatic N) is 1. The number of benzene rings is 1. The van der Waals surface area contributed by atoms with Gasteiger partial charge in [-0.2, -0.15) is 0 Å². The SMILES string of the molecule is Oc1cncc(-c2cccc(OC3CC3)c2)c1. The van der Waals surface area contributed by atoms with Crippen LogP contribution in [0, 0.1) is 0 Å². The van der Waals surface area contributed by atoms with Crippen molar-refractivity contribution in [3.63, 3.8) is 0 Å². The largest absolute Gasteiger partial charge is 0.506 e. The number of aromatic nitrogens is 1. The van der Waals surface area contributed by atoms with Crippen molar-refractivity contribution in [3.8, 4) is 22.6 Å². The van der Waals surface area contributed by atoms with Gasteiger partial charge in [0.15, 0.2) is 0 Å². The van der Waals surface area contributed by atoms with Crippen LogP contribution >= 0.6 is 0 Å². The van der Waals surface area contributed by atoms with E-state index in [2.05, 4.69) is 4.98 Å². The van der Waals surface area contributed by atoms with E-state index in [1.165, 1.54) is 6.20 Å². The summed E-state index contributed by atoms with van der Waals surface area (Å²) in [6.45, 7) is 0. The molecule has 3 heteroatoms. The van der Waals surface area contributed by atoms with Crippen LogP contribution in [0.4, 0.5) is 0 Å². The fraction of sp³-hybridized carbons (Fsp3) is 0.214. The predicted octanol–water partition coefficient (Wildman–Crippen LogP) is 3.00. The van der Waals surface area contributed by atoms with Crippen LogP contribution in [0.5, 0.6) is 11.5 Å². The summed E-state index contributed by atoms with van der Waals surface area (Å²) in [6.07, 6.45) is 5.85. The van der Waals surface area contributed by atoms with Crippen molar-refractivity contribution >= 4 is 0 Å². The summed E-state index contributed by atoms with van der Waals surface area (Å²) >= 11 is 0. The van der Waals surface area contributed by atoms with Gasteiger partial charge in [-0.15, -0.1) is 0 Å². The van der Waals surface area contributed by atoms with Gasteiger partial charge in [0.05, 0.1) is 12.3 Å². The van der Waals surface area contributed by atoms with Gasteiger partial charge in [-0.25, -0.2) is 0 Å². The Morgan fingerprint density at radius 3 is 2.76 bits per heavy atom. The number of hydrogen-bond donors (Lipinski definition) is 1. The van der Waals surface area contributed by atoms with Gasteiger partial charge in [0, 0.05) is 11.8 Å². The van der Waals surface area contributed by atoms with Crippen molar-refractivity contribution < 1.29 is 9.84 Å². The van der Waals surface area contributed by atoms with Crippen molar-refractivity contribution in [2.75, 3.05) is 0 Å². The summed E-state index contributed by atoms with van der Waals surface area (Å²) in [5.74, 6) is 1.06. The molecule has 0 spiro atoms. The Hall–Kier alpha value is -2.03. The lowest BCUT2D eigenvalue weighted by molar-refractivity contribution is 0.303. The van der Waals surface area contributed by atoms with E-state index in [9.17, 15) is 5.11 Å². The van der Waals surface area contributed by atoms with Crippen molar-refractivity contribution in [2.24, 2.45) is 0 Å². The summed E-state index contributed by atoms with van der Waals surface area (Å²) in [6, 6.07) is 9.57. The molecule has 0 aliphatic heterocycles. The molecule has 0 atom stereocenters. The second-order valence-electron chi connectivity index (χ2n) is 4.28. The maximum absolute atomic E-state index is 9.41. The van der Waals surface area contributed by atoms with Gasteiger partial charge in [0.25, 0.3) is 0 Å². The lowest BCUT2D eigenvalue weighted by Crippen LogP contribution is -1.95. The van der Waals surface area contributed by atoms with Crippen LogP contribution in [-0.2, 0) is 0 Å². The second-order valence-corrected chi connectivity index (χ2v) is 4.28. The Bertz CT molecular complexity index is 535. The molecule has 1 aliphatic rings. The zero-order valence-corrected chi connectivity index (χ0v) is 9.34. The zero-order chi connectivity index (χ0) is 11.7. The normalized spacial score (nSPS) is 14.6. The van der Waals surface area contributed by atoms with Gasteiger partial charge in [0.2, 0.25) is 0 Å². The standard InChI is InChI=1S/C14H13NO2/c16-12-6-11(8-15-9-12)10-2-1-3-14(7-10)17-13-4-5-13/h1-3,6-9,13,16H,4-5H2. The minimum atomic E-state index is 0.177. The average Bonchev–Trinajstić information content (AvgIpc) is 3.13. The molecule has 0 radical (unpaired) electrons. The van der Waals surface area contributed by atoms with Gasteiger partial charge in [0.1, 0.15) is 11.5 Å². The van der Waals surface area contributed by atoms with Crippen molar-refractivity contribution in [1.82, 2.24) is 4.98 Å². The first-order valence-electron chi connectivity index (χ1n) is 5.72. The molecule has 1 saturated carbocycles. The molecule has 1 heterocycles. The van der Waals surface area contributed by atoms with Gasteiger partial charge < -0.3 is 9.84 Å². The monoisotopic (exact) mass is 227 g/mol. The molecule has 1 aromatic heterocycles. The Morgan fingerprint density at radius 1 is 1.12 bits per heavy atom. The van der Waals surface area contributed by atoms with Crippen molar-refractivity contribution in [2.45, 2.75) is 18.9 Å². The fourth-order valence-electron chi connectivity index (χ4n) is 1.71. The number of pyridine rings is 1. The highest BCUT2D eigenvalue weighted by molar-refractivity contribution is 5.65. The van der Waals surface area contributed by atoms with E-state index in [0.717, 1.165) is 29.7 Å². The third kappa shape index (κ3) is 2.38. The second kappa shape index (κ2) is 4.09. The van der Waals surface area contributed by atoms with Crippen LogP contribution in [0.3, 0.4) is 0 Å². The molecule has 3 nitrogen and oxygen atoms in total. The van der Waals surface area contributed by atoms with E-state index in [4.69, 9.17) is 4.74 Å². The molecule has 1 fully saturated rings. The van der Waals surface area contributed by atoms with E-state index in [0.29, 0.717) is 6.10 Å². The molecule has 1 aromatic carbocycles. The molecule has 2 aromatic rings. The maximum atomic E-state index is 9.41. The third-order valence-corrected chi connectivity index (χ3v) is 2.72. The molecular weight excluding hydrogens is 214 g/mol. The minimum absolute atomic E-state index is 0.177. The summed E-state index contributed by atoms with van der Waals surface area (Å²) in [4.78, 5) is 3.97. The third-order valence-electron chi connectivity index (χ3n) is 2.72. The quantitative estimate of drug-likeness (QED) is 0.876. The van der Waals surface area contributed by atoms with E-state index in [1.807, 2.05) is 24.3 Å². The average molecular weight is 227 g/mol. The van der Waals surface area contributed by atoms with E-state index in [-0.39, 0.29) is 5.75 Å². The first kappa shape index (κ1) is 10.1. The van der Waals surface area contributed by atoms with E-state index >= 15 is 0 Å². The summed E-state index contributed by atoms with van der Waals surface area (Å²) in [5, 5.41) is 9.41. The topological polar surface area (TPSA) is 42.4 Å². The molecular formula is C14H13NO2. The van der Waals surface area contributed by atoms with Crippen LogP contribution in [0.2, 0.25) is 0 Å². The first-order chi connectivity index (χ1) is 8.31. The maximum Gasteiger partial charge on any atom is 0.134 e. The molecule has 3 rings (SSSR count). The number of aromatic hydroxyl groups is 1. The predicted molar refractivity (Wildman–Crippen MR) is 65.0 cm³/mol. The highest BCUT2D eigenvalue weighted by atomic mass is 16.5. The van der Waals surface area contributed by atoms with Gasteiger partial charge in [-0.1, -0.05) is 12.1 Å². The lowest BCUT2D eigenvalue weighted by Gasteiger charge is -2.07. The molecule has 1 N–H and O–H groups in total. The molecule has 17 heavy (non-hydrogen) atoms. The van der Waals surface area contributed by atoms with Gasteiger partial charge in [-0.05, 0) is 36.6 Å². The highest BCUT2D eigenvalue weighted by Gasteiger charge is 2.23.